The summed E-state index contributed by atoms with van der Waals surface area (Å²) in [4.78, 5) is 7.23. The highest BCUT2D eigenvalue weighted by Gasteiger charge is 2.14. The van der Waals surface area contributed by atoms with Gasteiger partial charge in [-0.2, -0.15) is 0 Å². The average Bonchev–Trinajstić information content (AvgIpc) is 2.78. The Morgan fingerprint density at radius 1 is 1.15 bits per heavy atom. The van der Waals surface area contributed by atoms with Crippen LogP contribution < -0.4 is 10.6 Å². The number of hydrogen-bond donors (Lipinski definition) is 1. The minimum absolute atomic E-state index is 0.840. The highest BCUT2D eigenvalue weighted by Crippen LogP contribution is 2.30. The Hall–Kier alpha value is -1.55. The number of aromatic nitrogens is 1. The topological polar surface area (TPSA) is 42.2 Å². The molecule has 1 fully saturated rings. The normalized spacial score (nSPS) is 16.1. The summed E-state index contributed by atoms with van der Waals surface area (Å²) >= 11 is 1.74. The van der Waals surface area contributed by atoms with Gasteiger partial charge in [-0.3, -0.25) is 0 Å². The molecule has 1 saturated heterocycles. The quantitative estimate of drug-likeness (QED) is 0.846. The molecule has 0 radical (unpaired) electrons. The molecule has 1 aromatic heterocycles. The van der Waals surface area contributed by atoms with Gasteiger partial charge >= 0.3 is 0 Å². The summed E-state index contributed by atoms with van der Waals surface area (Å²) in [5.74, 6) is 0. The summed E-state index contributed by atoms with van der Waals surface area (Å²) in [6.07, 6.45) is 5.27. The Morgan fingerprint density at radius 3 is 2.60 bits per heavy atom. The lowest BCUT2D eigenvalue weighted by Gasteiger charge is -2.18. The average molecular weight is 287 g/mol. The number of nitrogens with two attached hydrogens (primary N) is 1. The van der Waals surface area contributed by atoms with E-state index in [-0.39, 0.29) is 0 Å². The molecule has 4 heteroatoms. The van der Waals surface area contributed by atoms with Crippen molar-refractivity contribution in [2.24, 2.45) is 0 Å². The lowest BCUT2D eigenvalue weighted by molar-refractivity contribution is 0.726. The van der Waals surface area contributed by atoms with Crippen LogP contribution >= 0.6 is 11.3 Å². The van der Waals surface area contributed by atoms with Gasteiger partial charge < -0.3 is 10.6 Å². The van der Waals surface area contributed by atoms with Crippen molar-refractivity contribution in [3.8, 4) is 11.3 Å². The number of nitrogens with zero attached hydrogens (tertiary/aromatic N) is 2. The molecule has 0 saturated carbocycles. The van der Waals surface area contributed by atoms with Crippen LogP contribution in [0, 0.1) is 6.92 Å². The van der Waals surface area contributed by atoms with Crippen molar-refractivity contribution in [2.75, 3.05) is 23.7 Å². The molecule has 2 N–H and O–H groups in total. The van der Waals surface area contributed by atoms with Gasteiger partial charge in [0.15, 0.2) is 5.13 Å². The molecule has 3 nitrogen and oxygen atoms in total. The highest BCUT2D eigenvalue weighted by molar-refractivity contribution is 7.14. The second kappa shape index (κ2) is 5.83. The molecule has 0 spiro atoms. The van der Waals surface area contributed by atoms with Crippen molar-refractivity contribution >= 4 is 22.2 Å². The third-order valence-corrected chi connectivity index (χ3v) is 4.85. The highest BCUT2D eigenvalue weighted by atomic mass is 32.1. The first-order chi connectivity index (χ1) is 9.74. The number of hydrogen-bond acceptors (Lipinski definition) is 4. The Morgan fingerprint density at radius 2 is 1.90 bits per heavy atom. The molecule has 1 aliphatic rings. The van der Waals surface area contributed by atoms with E-state index in [1.54, 1.807) is 11.3 Å². The van der Waals surface area contributed by atoms with Gasteiger partial charge in [0.05, 0.1) is 5.69 Å². The van der Waals surface area contributed by atoms with Gasteiger partial charge in [0.2, 0.25) is 0 Å². The van der Waals surface area contributed by atoms with E-state index in [1.165, 1.54) is 25.7 Å². The number of anilines is 2. The van der Waals surface area contributed by atoms with Gasteiger partial charge in [0.25, 0.3) is 0 Å². The fraction of sp³-hybridized carbons (Fsp3) is 0.438. The Balaban J connectivity index is 1.83. The van der Waals surface area contributed by atoms with E-state index in [0.717, 1.165) is 40.7 Å². The third kappa shape index (κ3) is 2.80. The van der Waals surface area contributed by atoms with Crippen LogP contribution in [0.4, 0.5) is 10.8 Å². The van der Waals surface area contributed by atoms with Crippen molar-refractivity contribution in [3.05, 3.63) is 29.1 Å². The third-order valence-electron chi connectivity index (χ3n) is 3.94. The molecule has 0 unspecified atom stereocenters. The molecule has 3 rings (SSSR count). The molecule has 0 bridgehead atoms. The van der Waals surface area contributed by atoms with Gasteiger partial charge in [-0.25, -0.2) is 4.98 Å². The van der Waals surface area contributed by atoms with Crippen LogP contribution in [0.25, 0.3) is 11.3 Å². The van der Waals surface area contributed by atoms with Crippen molar-refractivity contribution in [1.82, 2.24) is 4.98 Å². The zero-order valence-electron chi connectivity index (χ0n) is 11.9. The first-order valence-electron chi connectivity index (χ1n) is 7.31. The summed E-state index contributed by atoms with van der Waals surface area (Å²) in [6.45, 7) is 4.31. The van der Waals surface area contributed by atoms with E-state index >= 15 is 0 Å². The number of thiazole rings is 1. The summed E-state index contributed by atoms with van der Waals surface area (Å²) < 4.78 is 0. The fourth-order valence-electron chi connectivity index (χ4n) is 2.60. The van der Waals surface area contributed by atoms with Crippen molar-refractivity contribution in [1.29, 1.82) is 0 Å². The molecule has 2 aromatic rings. The van der Waals surface area contributed by atoms with Crippen LogP contribution in [0.1, 0.15) is 31.2 Å². The van der Waals surface area contributed by atoms with Gasteiger partial charge in [0.1, 0.15) is 0 Å². The molecule has 20 heavy (non-hydrogen) atoms. The second-order valence-corrected chi connectivity index (χ2v) is 6.32. The number of rotatable bonds is 2. The predicted molar refractivity (Wildman–Crippen MR) is 87.4 cm³/mol. The first-order valence-corrected chi connectivity index (χ1v) is 8.19. The van der Waals surface area contributed by atoms with E-state index < -0.39 is 0 Å². The van der Waals surface area contributed by atoms with E-state index in [4.69, 9.17) is 10.7 Å². The van der Waals surface area contributed by atoms with E-state index in [2.05, 4.69) is 22.4 Å². The molecule has 106 valence electrons. The Kier molecular flexibility index (Phi) is 3.92. The molecule has 1 aliphatic heterocycles. The number of aryl methyl sites for hydroxylation is 1. The maximum atomic E-state index is 5.99. The molecular weight excluding hydrogens is 266 g/mol. The first kappa shape index (κ1) is 13.4. The van der Waals surface area contributed by atoms with Crippen molar-refractivity contribution in [3.63, 3.8) is 0 Å². The number of benzene rings is 1. The SMILES string of the molecule is Cc1ccc(-c2csc(N3CCCCCC3)n2)cc1N. The van der Waals surface area contributed by atoms with Crippen LogP contribution in [0.15, 0.2) is 23.6 Å². The molecule has 2 heterocycles. The molecular formula is C16H21N3S. The number of nitrogen functional groups attached to an aromatic ring is 1. The van der Waals surface area contributed by atoms with Gasteiger partial charge in [0, 0.05) is 29.7 Å². The van der Waals surface area contributed by atoms with Gasteiger partial charge in [-0.05, 0) is 31.4 Å². The van der Waals surface area contributed by atoms with Crippen molar-refractivity contribution < 1.29 is 0 Å². The van der Waals surface area contributed by atoms with Crippen LogP contribution in [0.5, 0.6) is 0 Å². The minimum Gasteiger partial charge on any atom is -0.398 e. The molecule has 0 atom stereocenters. The molecule has 1 aromatic carbocycles. The summed E-state index contributed by atoms with van der Waals surface area (Å²) in [5, 5.41) is 3.30. The maximum Gasteiger partial charge on any atom is 0.185 e. The standard InChI is InChI=1S/C16H21N3S/c1-12-6-7-13(10-14(12)17)15-11-20-16(18-15)19-8-4-2-3-5-9-19/h6-7,10-11H,2-5,8-9,17H2,1H3. The predicted octanol–water partition coefficient (Wildman–Crippen LogP) is 4.08. The minimum atomic E-state index is 0.840. The van der Waals surface area contributed by atoms with Crippen LogP contribution in [-0.4, -0.2) is 18.1 Å². The smallest absolute Gasteiger partial charge is 0.185 e. The molecule has 0 amide bonds. The van der Waals surface area contributed by atoms with E-state index in [0.29, 0.717) is 0 Å². The summed E-state index contributed by atoms with van der Waals surface area (Å²) in [6, 6.07) is 6.19. The lowest BCUT2D eigenvalue weighted by atomic mass is 10.1. The largest absolute Gasteiger partial charge is 0.398 e. The second-order valence-electron chi connectivity index (χ2n) is 5.49. The van der Waals surface area contributed by atoms with Crippen LogP contribution in [0.3, 0.4) is 0 Å². The summed E-state index contributed by atoms with van der Waals surface area (Å²) in [5.41, 5.74) is 10.1. The van der Waals surface area contributed by atoms with E-state index in [1.807, 2.05) is 13.0 Å². The molecule has 0 aliphatic carbocycles. The Labute approximate surface area is 124 Å². The monoisotopic (exact) mass is 287 g/mol. The zero-order chi connectivity index (χ0) is 13.9. The summed E-state index contributed by atoms with van der Waals surface area (Å²) in [7, 11) is 0. The van der Waals surface area contributed by atoms with Crippen LogP contribution in [0.2, 0.25) is 0 Å². The Bertz CT molecular complexity index is 583. The van der Waals surface area contributed by atoms with Crippen molar-refractivity contribution in [2.45, 2.75) is 32.6 Å². The zero-order valence-corrected chi connectivity index (χ0v) is 12.7. The van der Waals surface area contributed by atoms with Gasteiger partial charge in [-0.1, -0.05) is 25.0 Å². The lowest BCUT2D eigenvalue weighted by Crippen LogP contribution is -2.23. The van der Waals surface area contributed by atoms with Gasteiger partial charge in [-0.15, -0.1) is 11.3 Å². The van der Waals surface area contributed by atoms with Crippen LogP contribution in [-0.2, 0) is 0 Å². The maximum absolute atomic E-state index is 5.99. The fourth-order valence-corrected chi connectivity index (χ4v) is 3.49. The van der Waals surface area contributed by atoms with E-state index in [9.17, 15) is 0 Å².